The van der Waals surface area contributed by atoms with Gasteiger partial charge in [-0.2, -0.15) is 0 Å². The normalized spacial score (nSPS) is 24.4. The van der Waals surface area contributed by atoms with Gasteiger partial charge < -0.3 is 0 Å². The molecule has 0 saturated carbocycles. The van der Waals surface area contributed by atoms with Crippen LogP contribution in [0.1, 0.15) is 33.3 Å². The number of hydrogen-bond acceptors (Lipinski definition) is 3. The Kier molecular flexibility index (Phi) is 3.26. The highest BCUT2D eigenvalue weighted by molar-refractivity contribution is 7.57. The minimum Gasteiger partial charge on any atom is -0.296 e. The highest BCUT2D eigenvalue weighted by Gasteiger charge is 2.54. The van der Waals surface area contributed by atoms with Crippen LogP contribution in [-0.4, -0.2) is 11.2 Å². The molecule has 1 heterocycles. The second-order valence-corrected chi connectivity index (χ2v) is 7.21. The summed E-state index contributed by atoms with van der Waals surface area (Å²) in [7, 11) is -3.16. The molecule has 0 spiro atoms. The first-order valence-electron chi connectivity index (χ1n) is 6.00. The van der Waals surface area contributed by atoms with Gasteiger partial charge in [-0.25, -0.2) is 0 Å². The maximum Gasteiger partial charge on any atom is 0.355 e. The Balaban J connectivity index is 2.21. The van der Waals surface area contributed by atoms with Gasteiger partial charge in [-0.3, -0.25) is 13.6 Å². The predicted molar refractivity (Wildman–Crippen MR) is 73.4 cm³/mol. The fourth-order valence-corrected chi connectivity index (χ4v) is 3.90. The molecule has 0 N–H and O–H groups in total. The molecular formula is C14H19O3P. The van der Waals surface area contributed by atoms with Crippen LogP contribution in [0, 0.1) is 0 Å². The number of benzene rings is 1. The van der Waals surface area contributed by atoms with Crippen molar-refractivity contribution in [2.24, 2.45) is 0 Å². The van der Waals surface area contributed by atoms with E-state index in [-0.39, 0.29) is 0 Å². The van der Waals surface area contributed by atoms with Crippen LogP contribution in [0.2, 0.25) is 0 Å². The molecule has 1 aromatic carbocycles. The zero-order valence-corrected chi connectivity index (χ0v) is 12.1. The second kappa shape index (κ2) is 4.34. The van der Waals surface area contributed by atoms with Crippen molar-refractivity contribution in [3.63, 3.8) is 0 Å². The molecule has 1 aliphatic rings. The van der Waals surface area contributed by atoms with Crippen LogP contribution in [0.3, 0.4) is 0 Å². The van der Waals surface area contributed by atoms with Crippen molar-refractivity contribution in [2.75, 3.05) is 0 Å². The van der Waals surface area contributed by atoms with Gasteiger partial charge in [0, 0.05) is 5.82 Å². The van der Waals surface area contributed by atoms with Gasteiger partial charge in [0.1, 0.15) is 11.2 Å². The summed E-state index contributed by atoms with van der Waals surface area (Å²) in [5, 5.41) is 0. The van der Waals surface area contributed by atoms with E-state index >= 15 is 0 Å². The standard InChI is InChI=1S/C14H19O3P/c1-13(2)14(3,4)17-18(15,16-13)11-10-12-8-6-5-7-9-12/h5-11H,1-4H3/b11-10+. The summed E-state index contributed by atoms with van der Waals surface area (Å²) in [4.78, 5) is 0. The van der Waals surface area contributed by atoms with E-state index in [1.165, 1.54) is 0 Å². The molecule has 1 saturated heterocycles. The van der Waals surface area contributed by atoms with Crippen molar-refractivity contribution in [1.82, 2.24) is 0 Å². The summed E-state index contributed by atoms with van der Waals surface area (Å²) in [5.74, 6) is 1.54. The van der Waals surface area contributed by atoms with E-state index in [1.807, 2.05) is 58.0 Å². The fraction of sp³-hybridized carbons (Fsp3) is 0.429. The topological polar surface area (TPSA) is 35.5 Å². The van der Waals surface area contributed by atoms with Crippen molar-refractivity contribution >= 4 is 13.7 Å². The van der Waals surface area contributed by atoms with Crippen LogP contribution in [0.5, 0.6) is 0 Å². The van der Waals surface area contributed by atoms with E-state index < -0.39 is 18.8 Å². The number of rotatable bonds is 2. The Labute approximate surface area is 108 Å². The van der Waals surface area contributed by atoms with Crippen LogP contribution in [0.4, 0.5) is 0 Å². The van der Waals surface area contributed by atoms with Crippen molar-refractivity contribution in [3.8, 4) is 0 Å². The van der Waals surface area contributed by atoms with E-state index in [1.54, 1.807) is 11.9 Å². The molecule has 3 nitrogen and oxygen atoms in total. The highest BCUT2D eigenvalue weighted by atomic mass is 31.2. The first kappa shape index (κ1) is 13.5. The van der Waals surface area contributed by atoms with Gasteiger partial charge in [0.15, 0.2) is 0 Å². The molecule has 1 aromatic rings. The maximum absolute atomic E-state index is 12.5. The Morgan fingerprint density at radius 3 is 2.00 bits per heavy atom. The SMILES string of the molecule is CC1(C)OP(=O)(/C=C/c2ccccc2)OC1(C)C. The lowest BCUT2D eigenvalue weighted by Gasteiger charge is -2.29. The third kappa shape index (κ3) is 2.59. The Hall–Kier alpha value is -0.890. The summed E-state index contributed by atoms with van der Waals surface area (Å²) in [6.45, 7) is 7.57. The van der Waals surface area contributed by atoms with Crippen LogP contribution < -0.4 is 0 Å². The van der Waals surface area contributed by atoms with Gasteiger partial charge in [-0.05, 0) is 39.3 Å². The first-order valence-corrected chi connectivity index (χ1v) is 7.61. The van der Waals surface area contributed by atoms with E-state index in [2.05, 4.69) is 0 Å². The maximum atomic E-state index is 12.5. The van der Waals surface area contributed by atoms with E-state index in [0.29, 0.717) is 0 Å². The first-order chi connectivity index (χ1) is 8.24. The molecule has 1 fully saturated rings. The molecule has 2 rings (SSSR count). The van der Waals surface area contributed by atoms with Gasteiger partial charge >= 0.3 is 7.60 Å². The quantitative estimate of drug-likeness (QED) is 0.741. The molecule has 0 amide bonds. The Morgan fingerprint density at radius 1 is 1.00 bits per heavy atom. The minimum atomic E-state index is -3.16. The summed E-state index contributed by atoms with van der Waals surface area (Å²) in [6, 6.07) is 9.68. The van der Waals surface area contributed by atoms with Gasteiger partial charge in [-0.15, -0.1) is 0 Å². The molecule has 98 valence electrons. The van der Waals surface area contributed by atoms with Gasteiger partial charge in [-0.1, -0.05) is 30.3 Å². The zero-order valence-electron chi connectivity index (χ0n) is 11.2. The second-order valence-electron chi connectivity index (χ2n) is 5.47. The summed E-state index contributed by atoms with van der Waals surface area (Å²) >= 11 is 0. The number of hydrogen-bond donors (Lipinski definition) is 0. The molecule has 0 unspecified atom stereocenters. The van der Waals surface area contributed by atoms with Gasteiger partial charge in [0.05, 0.1) is 0 Å². The molecule has 0 aliphatic carbocycles. The van der Waals surface area contributed by atoms with Gasteiger partial charge in [0.2, 0.25) is 0 Å². The lowest BCUT2D eigenvalue weighted by molar-refractivity contribution is 0.00578. The monoisotopic (exact) mass is 266 g/mol. The van der Waals surface area contributed by atoms with E-state index in [0.717, 1.165) is 5.56 Å². The third-order valence-corrected chi connectivity index (χ3v) is 5.35. The molecule has 18 heavy (non-hydrogen) atoms. The van der Waals surface area contributed by atoms with Crippen molar-refractivity contribution in [3.05, 3.63) is 41.7 Å². The van der Waals surface area contributed by atoms with E-state index in [9.17, 15) is 4.57 Å². The molecule has 0 radical (unpaired) electrons. The van der Waals surface area contributed by atoms with Crippen molar-refractivity contribution in [1.29, 1.82) is 0 Å². The average molecular weight is 266 g/mol. The molecule has 0 aromatic heterocycles. The molecule has 1 aliphatic heterocycles. The van der Waals surface area contributed by atoms with E-state index in [4.69, 9.17) is 9.05 Å². The lowest BCUT2D eigenvalue weighted by atomic mass is 9.90. The summed E-state index contributed by atoms with van der Waals surface area (Å²) in [6.07, 6.45) is 1.78. The average Bonchev–Trinajstić information content (AvgIpc) is 2.42. The van der Waals surface area contributed by atoms with Gasteiger partial charge in [0.25, 0.3) is 0 Å². The predicted octanol–water partition coefficient (Wildman–Crippen LogP) is 4.45. The van der Waals surface area contributed by atoms with Crippen molar-refractivity contribution in [2.45, 2.75) is 38.9 Å². The molecule has 0 atom stereocenters. The zero-order chi connectivity index (χ0) is 13.4. The van der Waals surface area contributed by atoms with Crippen molar-refractivity contribution < 1.29 is 13.6 Å². The molecule has 0 bridgehead atoms. The Bertz CT molecular complexity index is 483. The Morgan fingerprint density at radius 2 is 1.50 bits per heavy atom. The fourth-order valence-electron chi connectivity index (χ4n) is 1.68. The van der Waals surface area contributed by atoms with Crippen LogP contribution in [0.25, 0.3) is 6.08 Å². The summed E-state index contributed by atoms with van der Waals surface area (Å²) in [5.41, 5.74) is -0.157. The van der Waals surface area contributed by atoms with Crippen LogP contribution in [-0.2, 0) is 13.6 Å². The van der Waals surface area contributed by atoms with Crippen LogP contribution in [0.15, 0.2) is 36.1 Å². The smallest absolute Gasteiger partial charge is 0.296 e. The largest absolute Gasteiger partial charge is 0.355 e. The summed E-state index contributed by atoms with van der Waals surface area (Å²) < 4.78 is 23.7. The minimum absolute atomic E-state index is 0.566. The molecular weight excluding hydrogens is 247 g/mol. The van der Waals surface area contributed by atoms with Crippen LogP contribution >= 0.6 is 7.60 Å². The molecule has 4 heteroatoms. The lowest BCUT2D eigenvalue weighted by Crippen LogP contribution is -2.41. The third-order valence-electron chi connectivity index (χ3n) is 3.41. The highest BCUT2D eigenvalue weighted by Crippen LogP contribution is 2.65.